The van der Waals surface area contributed by atoms with Crippen LogP contribution in [0.5, 0.6) is 0 Å². The lowest BCUT2D eigenvalue weighted by atomic mass is 10.1. The molecule has 2 N–H and O–H groups in total. The molecule has 0 radical (unpaired) electrons. The molecule has 0 aliphatic heterocycles. The molecule has 0 unspecified atom stereocenters. The number of rotatable bonds is 6. The zero-order chi connectivity index (χ0) is 16.8. The van der Waals surface area contributed by atoms with Gasteiger partial charge in [0.2, 0.25) is 5.91 Å². The number of carbonyl (C=O) groups excluding carboxylic acids is 2. The molecule has 1 aromatic heterocycles. The summed E-state index contributed by atoms with van der Waals surface area (Å²) in [6, 6.07) is 7.80. The molecule has 0 fully saturated rings. The van der Waals surface area contributed by atoms with Crippen molar-refractivity contribution >= 4 is 23.2 Å². The summed E-state index contributed by atoms with van der Waals surface area (Å²) in [4.78, 5) is 29.1. The number of nitrogens with zero attached hydrogens (tertiary/aromatic N) is 2. The molecular weight excluding hydrogens is 314 g/mol. The van der Waals surface area contributed by atoms with Crippen molar-refractivity contribution in [3.05, 3.63) is 40.9 Å². The number of amides is 1. The summed E-state index contributed by atoms with van der Waals surface area (Å²) in [6.07, 6.45) is 0.148. The number of hydrogen-bond donors (Lipinski definition) is 1. The van der Waals surface area contributed by atoms with Gasteiger partial charge in [0.1, 0.15) is 11.6 Å². The average molecular weight is 333 g/mol. The molecule has 1 heterocycles. The Kier molecular flexibility index (Phi) is 5.84. The first-order valence-electron chi connectivity index (χ1n) is 7.08. The van der Waals surface area contributed by atoms with E-state index < -0.39 is 5.97 Å². The molecule has 23 heavy (non-hydrogen) atoms. The molecule has 7 heteroatoms. The Labute approximate surface area is 138 Å². The molecule has 0 bridgehead atoms. The summed E-state index contributed by atoms with van der Waals surface area (Å²) in [6.45, 7) is 0.369. The SMILES string of the molecule is COC(=O)CN(C)C(=O)Cc1csc(-c2ccccc2CN)n1. The number of hydrogen-bond acceptors (Lipinski definition) is 6. The Hall–Kier alpha value is -2.25. The third kappa shape index (κ3) is 4.37. The predicted molar refractivity (Wildman–Crippen MR) is 88.8 cm³/mol. The molecule has 1 amide bonds. The van der Waals surface area contributed by atoms with Crippen LogP contribution in [0.15, 0.2) is 29.6 Å². The van der Waals surface area contributed by atoms with E-state index in [4.69, 9.17) is 5.73 Å². The second-order valence-corrected chi connectivity index (χ2v) is 5.87. The Balaban J connectivity index is 2.08. The number of nitrogens with two attached hydrogens (primary N) is 1. The van der Waals surface area contributed by atoms with E-state index in [1.54, 1.807) is 7.05 Å². The fraction of sp³-hybridized carbons (Fsp3) is 0.312. The molecule has 0 atom stereocenters. The normalized spacial score (nSPS) is 10.4. The first-order valence-corrected chi connectivity index (χ1v) is 7.96. The Morgan fingerprint density at radius 3 is 2.78 bits per heavy atom. The van der Waals surface area contributed by atoms with Crippen molar-refractivity contribution in [3.8, 4) is 10.6 Å². The number of benzene rings is 1. The van der Waals surface area contributed by atoms with Gasteiger partial charge in [-0.3, -0.25) is 9.59 Å². The van der Waals surface area contributed by atoms with Crippen LogP contribution >= 0.6 is 11.3 Å². The lowest BCUT2D eigenvalue weighted by molar-refractivity contribution is -0.145. The lowest BCUT2D eigenvalue weighted by Gasteiger charge is -2.14. The van der Waals surface area contributed by atoms with Gasteiger partial charge < -0.3 is 15.4 Å². The summed E-state index contributed by atoms with van der Waals surface area (Å²) >= 11 is 1.48. The van der Waals surface area contributed by atoms with Crippen LogP contribution in [0.4, 0.5) is 0 Å². The minimum absolute atomic E-state index is 0.0671. The number of likely N-dealkylation sites (N-methyl/N-ethyl adjacent to an activating group) is 1. The van der Waals surface area contributed by atoms with Crippen LogP contribution in [-0.4, -0.2) is 42.5 Å². The number of carbonyl (C=O) groups is 2. The smallest absolute Gasteiger partial charge is 0.325 e. The van der Waals surface area contributed by atoms with Crippen molar-refractivity contribution < 1.29 is 14.3 Å². The monoisotopic (exact) mass is 333 g/mol. The maximum atomic E-state index is 12.1. The van der Waals surface area contributed by atoms with Gasteiger partial charge in [-0.2, -0.15) is 0 Å². The summed E-state index contributed by atoms with van der Waals surface area (Å²) in [5.41, 5.74) is 8.43. The summed E-state index contributed by atoms with van der Waals surface area (Å²) in [5.74, 6) is -0.629. The van der Waals surface area contributed by atoms with Gasteiger partial charge in [-0.25, -0.2) is 4.98 Å². The van der Waals surface area contributed by atoms with Crippen molar-refractivity contribution in [3.63, 3.8) is 0 Å². The average Bonchev–Trinajstić information content (AvgIpc) is 3.02. The number of methoxy groups -OCH3 is 1. The van der Waals surface area contributed by atoms with Crippen molar-refractivity contribution in [1.29, 1.82) is 0 Å². The van der Waals surface area contributed by atoms with E-state index >= 15 is 0 Å². The Morgan fingerprint density at radius 1 is 1.35 bits per heavy atom. The maximum Gasteiger partial charge on any atom is 0.325 e. The second kappa shape index (κ2) is 7.85. The van der Waals surface area contributed by atoms with Gasteiger partial charge in [0.15, 0.2) is 0 Å². The van der Waals surface area contributed by atoms with Gasteiger partial charge in [-0.1, -0.05) is 24.3 Å². The second-order valence-electron chi connectivity index (χ2n) is 5.01. The highest BCUT2D eigenvalue weighted by Gasteiger charge is 2.16. The molecule has 1 aromatic carbocycles. The van der Waals surface area contributed by atoms with Crippen LogP contribution in [0.3, 0.4) is 0 Å². The van der Waals surface area contributed by atoms with Gasteiger partial charge in [0.05, 0.1) is 19.2 Å². The molecule has 0 spiro atoms. The quantitative estimate of drug-likeness (QED) is 0.809. The predicted octanol–water partition coefficient (Wildman–Crippen LogP) is 1.44. The summed E-state index contributed by atoms with van der Waals surface area (Å²) < 4.78 is 4.55. The zero-order valence-corrected chi connectivity index (χ0v) is 13.9. The highest BCUT2D eigenvalue weighted by Crippen LogP contribution is 2.27. The molecular formula is C16H19N3O3S. The van der Waals surface area contributed by atoms with Gasteiger partial charge in [-0.15, -0.1) is 11.3 Å². The van der Waals surface area contributed by atoms with Crippen LogP contribution < -0.4 is 5.73 Å². The van der Waals surface area contributed by atoms with Crippen LogP contribution in [0.1, 0.15) is 11.3 Å². The fourth-order valence-electron chi connectivity index (χ4n) is 2.06. The van der Waals surface area contributed by atoms with Crippen LogP contribution in [0, 0.1) is 0 Å². The third-order valence-electron chi connectivity index (χ3n) is 3.37. The van der Waals surface area contributed by atoms with Crippen molar-refractivity contribution in [2.75, 3.05) is 20.7 Å². The van der Waals surface area contributed by atoms with E-state index in [-0.39, 0.29) is 18.9 Å². The number of ether oxygens (including phenoxy) is 1. The van der Waals surface area contributed by atoms with E-state index in [1.165, 1.54) is 23.3 Å². The molecule has 2 aromatic rings. The lowest BCUT2D eigenvalue weighted by Crippen LogP contribution is -2.33. The topological polar surface area (TPSA) is 85.5 Å². The number of esters is 1. The molecule has 2 rings (SSSR count). The number of aromatic nitrogens is 1. The van der Waals surface area contributed by atoms with E-state index in [0.717, 1.165) is 16.1 Å². The molecule has 0 saturated heterocycles. The highest BCUT2D eigenvalue weighted by atomic mass is 32.1. The standard InChI is InChI=1S/C16H19N3O3S/c1-19(9-15(21)22-2)14(20)7-12-10-23-16(18-12)13-6-4-3-5-11(13)8-17/h3-6,10H,7-9,17H2,1-2H3. The molecule has 122 valence electrons. The van der Waals surface area contributed by atoms with Gasteiger partial charge in [-0.05, 0) is 5.56 Å². The van der Waals surface area contributed by atoms with Crippen LogP contribution in [0.25, 0.3) is 10.6 Å². The maximum absolute atomic E-state index is 12.1. The fourth-order valence-corrected chi connectivity index (χ4v) is 2.93. The molecule has 0 aliphatic rings. The van der Waals surface area contributed by atoms with Crippen molar-refractivity contribution in [1.82, 2.24) is 9.88 Å². The minimum Gasteiger partial charge on any atom is -0.468 e. The van der Waals surface area contributed by atoms with E-state index in [9.17, 15) is 9.59 Å². The van der Waals surface area contributed by atoms with Gasteiger partial charge in [0, 0.05) is 24.5 Å². The summed E-state index contributed by atoms with van der Waals surface area (Å²) in [7, 11) is 2.86. The van der Waals surface area contributed by atoms with E-state index in [1.807, 2.05) is 29.6 Å². The minimum atomic E-state index is -0.448. The molecule has 0 aliphatic carbocycles. The Morgan fingerprint density at radius 2 is 2.09 bits per heavy atom. The van der Waals surface area contributed by atoms with Crippen LogP contribution in [0.2, 0.25) is 0 Å². The highest BCUT2D eigenvalue weighted by molar-refractivity contribution is 7.13. The van der Waals surface area contributed by atoms with Gasteiger partial charge in [0.25, 0.3) is 0 Å². The van der Waals surface area contributed by atoms with E-state index in [0.29, 0.717) is 12.2 Å². The largest absolute Gasteiger partial charge is 0.468 e. The number of thiazole rings is 1. The molecule has 0 saturated carbocycles. The van der Waals surface area contributed by atoms with Gasteiger partial charge >= 0.3 is 5.97 Å². The van der Waals surface area contributed by atoms with E-state index in [2.05, 4.69) is 9.72 Å². The van der Waals surface area contributed by atoms with Crippen molar-refractivity contribution in [2.24, 2.45) is 5.73 Å². The molecule has 6 nitrogen and oxygen atoms in total. The van der Waals surface area contributed by atoms with Crippen LogP contribution in [-0.2, 0) is 27.3 Å². The zero-order valence-electron chi connectivity index (χ0n) is 13.1. The first-order chi connectivity index (χ1) is 11.0. The third-order valence-corrected chi connectivity index (χ3v) is 4.30. The summed E-state index contributed by atoms with van der Waals surface area (Å²) in [5, 5.41) is 2.69. The Bertz CT molecular complexity index is 699. The van der Waals surface area contributed by atoms with Crippen molar-refractivity contribution in [2.45, 2.75) is 13.0 Å². The first kappa shape index (κ1) is 17.1.